The van der Waals surface area contributed by atoms with Crippen molar-refractivity contribution in [2.45, 2.75) is 0 Å². The number of hydrogen-bond donors (Lipinski definition) is 1. The van der Waals surface area contributed by atoms with Gasteiger partial charge in [-0.1, -0.05) is 53.8 Å². The van der Waals surface area contributed by atoms with E-state index in [2.05, 4.69) is 32.5 Å². The Morgan fingerprint density at radius 2 is 1.79 bits per heavy atom. The molecule has 146 valence electrons. The van der Waals surface area contributed by atoms with Crippen molar-refractivity contribution in [2.75, 3.05) is 36.6 Å². The zero-order valence-electron chi connectivity index (χ0n) is 15.6. The van der Waals surface area contributed by atoms with Crippen molar-refractivity contribution >= 4 is 39.8 Å². The zero-order valence-corrected chi connectivity index (χ0v) is 16.4. The number of aromatic nitrogens is 2. The van der Waals surface area contributed by atoms with E-state index in [1.165, 1.54) is 0 Å². The van der Waals surface area contributed by atoms with Crippen molar-refractivity contribution in [2.24, 2.45) is 5.10 Å². The number of thiazole rings is 1. The van der Waals surface area contributed by atoms with Crippen molar-refractivity contribution in [1.82, 2.24) is 9.97 Å². The zero-order chi connectivity index (χ0) is 19.5. The van der Waals surface area contributed by atoms with Gasteiger partial charge in [0.15, 0.2) is 10.7 Å². The molecule has 1 saturated heterocycles. The maximum atomic E-state index is 5.65. The molecule has 8 heteroatoms. The first-order valence-corrected chi connectivity index (χ1v) is 10.2. The summed E-state index contributed by atoms with van der Waals surface area (Å²) >= 11 is 1.62. The maximum absolute atomic E-state index is 5.65. The summed E-state index contributed by atoms with van der Waals surface area (Å²) in [4.78, 5) is 12.5. The Kier molecular flexibility index (Phi) is 4.93. The second-order valence-electron chi connectivity index (χ2n) is 6.53. The van der Waals surface area contributed by atoms with Gasteiger partial charge in [0.1, 0.15) is 5.52 Å². The molecule has 0 spiro atoms. The lowest BCUT2D eigenvalue weighted by molar-refractivity contribution is 0.122. The number of benzene rings is 2. The topological polar surface area (TPSA) is 75.8 Å². The number of hydrazone groups is 1. The van der Waals surface area contributed by atoms with Crippen molar-refractivity contribution in [3.05, 3.63) is 59.5 Å². The minimum atomic E-state index is 0.363. The number of para-hydroxylation sites is 2. The quantitative estimate of drug-likeness (QED) is 0.395. The van der Waals surface area contributed by atoms with Gasteiger partial charge in [0.05, 0.1) is 30.0 Å². The summed E-state index contributed by atoms with van der Waals surface area (Å²) in [5, 5.41) is 5.33. The molecule has 0 atom stereocenters. The molecule has 29 heavy (non-hydrogen) atoms. The molecular formula is C21H19N5O2S. The number of nitrogens with one attached hydrogen (secondary N) is 1. The van der Waals surface area contributed by atoms with E-state index in [4.69, 9.17) is 14.1 Å². The van der Waals surface area contributed by atoms with Crippen LogP contribution >= 0.6 is 11.3 Å². The van der Waals surface area contributed by atoms with Crippen molar-refractivity contribution in [3.63, 3.8) is 0 Å². The highest BCUT2D eigenvalue weighted by Crippen LogP contribution is 2.32. The van der Waals surface area contributed by atoms with E-state index in [9.17, 15) is 0 Å². The van der Waals surface area contributed by atoms with Gasteiger partial charge in [0, 0.05) is 18.7 Å². The van der Waals surface area contributed by atoms with Crippen molar-refractivity contribution < 1.29 is 9.15 Å². The number of hydrogen-bond acceptors (Lipinski definition) is 8. The fourth-order valence-electron chi connectivity index (χ4n) is 3.17. The number of oxazole rings is 1. The molecule has 7 nitrogen and oxygen atoms in total. The van der Waals surface area contributed by atoms with Crippen molar-refractivity contribution in [1.29, 1.82) is 0 Å². The average Bonchev–Trinajstić information content (AvgIpc) is 3.39. The van der Waals surface area contributed by atoms with Crippen molar-refractivity contribution in [3.8, 4) is 11.3 Å². The fraction of sp³-hybridized carbons (Fsp3) is 0.190. The Morgan fingerprint density at radius 1 is 1.00 bits per heavy atom. The number of ether oxygens (including phenoxy) is 1. The van der Waals surface area contributed by atoms with Crippen LogP contribution in [0.25, 0.3) is 22.4 Å². The lowest BCUT2D eigenvalue weighted by atomic mass is 10.1. The van der Waals surface area contributed by atoms with E-state index in [-0.39, 0.29) is 0 Å². The van der Waals surface area contributed by atoms with Crippen LogP contribution in [0, 0.1) is 0 Å². The molecule has 1 aliphatic heterocycles. The predicted molar refractivity (Wildman–Crippen MR) is 116 cm³/mol. The van der Waals surface area contributed by atoms with Gasteiger partial charge in [-0.05, 0) is 12.1 Å². The lowest BCUT2D eigenvalue weighted by Crippen LogP contribution is -2.36. The van der Waals surface area contributed by atoms with E-state index in [0.29, 0.717) is 6.01 Å². The summed E-state index contributed by atoms with van der Waals surface area (Å²) in [5.74, 6) is 0. The highest BCUT2D eigenvalue weighted by Gasteiger charge is 2.18. The molecule has 1 N–H and O–H groups in total. The first-order chi connectivity index (χ1) is 14.4. The lowest BCUT2D eigenvalue weighted by Gasteiger charge is -2.26. The molecule has 4 aromatic rings. The van der Waals surface area contributed by atoms with Gasteiger partial charge in [-0.3, -0.25) is 0 Å². The van der Waals surface area contributed by atoms with Crippen LogP contribution in [0.4, 0.5) is 11.1 Å². The third-order valence-corrected chi connectivity index (χ3v) is 5.66. The van der Waals surface area contributed by atoms with E-state index < -0.39 is 0 Å². The fourth-order valence-corrected chi connectivity index (χ4v) is 4.18. The highest BCUT2D eigenvalue weighted by molar-refractivity contribution is 7.17. The van der Waals surface area contributed by atoms with Gasteiger partial charge >= 0.3 is 6.01 Å². The van der Waals surface area contributed by atoms with Crippen LogP contribution in [0.2, 0.25) is 0 Å². The Hall–Kier alpha value is -3.23. The summed E-state index contributed by atoms with van der Waals surface area (Å²) < 4.78 is 11.1. The monoisotopic (exact) mass is 405 g/mol. The van der Waals surface area contributed by atoms with Gasteiger partial charge in [-0.15, -0.1) is 0 Å². The first kappa shape index (κ1) is 17.8. The van der Waals surface area contributed by atoms with Crippen LogP contribution in [0.3, 0.4) is 0 Å². The summed E-state index contributed by atoms with van der Waals surface area (Å²) in [7, 11) is 0. The van der Waals surface area contributed by atoms with E-state index in [0.717, 1.165) is 58.7 Å². The SMILES string of the molecule is C(=NNc1nc2ccccc2o1)c1sc(N2CCOCC2)nc1-c1ccccc1. The molecule has 0 unspecified atom stereocenters. The summed E-state index contributed by atoms with van der Waals surface area (Å²) in [6.07, 6.45) is 1.78. The largest absolute Gasteiger partial charge is 0.422 e. The standard InChI is InChI=1S/C21H19N5O2S/c1-2-6-15(7-3-1)19-18(29-21(24-19)26-10-12-27-13-11-26)14-22-25-20-23-16-8-4-5-9-17(16)28-20/h1-9,14H,10-13H2,(H,23,25). The molecular weight excluding hydrogens is 386 g/mol. The molecule has 0 saturated carbocycles. The minimum Gasteiger partial charge on any atom is -0.422 e. The molecule has 2 aromatic heterocycles. The van der Waals surface area contributed by atoms with E-state index >= 15 is 0 Å². The maximum Gasteiger partial charge on any atom is 0.316 e. The van der Waals surface area contributed by atoms with Crippen LogP contribution in [0.15, 0.2) is 64.1 Å². The summed E-state index contributed by atoms with van der Waals surface area (Å²) in [6, 6.07) is 18.1. The number of morpholine rings is 1. The number of rotatable bonds is 5. The molecule has 0 radical (unpaired) electrons. The van der Waals surface area contributed by atoms with Gasteiger partial charge in [0.25, 0.3) is 0 Å². The second-order valence-corrected chi connectivity index (χ2v) is 7.54. The Morgan fingerprint density at radius 3 is 2.62 bits per heavy atom. The third-order valence-electron chi connectivity index (χ3n) is 4.61. The number of anilines is 2. The summed E-state index contributed by atoms with van der Waals surface area (Å²) in [5.41, 5.74) is 6.38. The predicted octanol–water partition coefficient (Wildman–Crippen LogP) is 4.23. The van der Waals surface area contributed by atoms with Crippen LogP contribution in [0.1, 0.15) is 4.88 Å². The second kappa shape index (κ2) is 8.02. The third kappa shape index (κ3) is 3.85. The number of nitrogens with zero attached hydrogens (tertiary/aromatic N) is 4. The Balaban J connectivity index is 1.42. The Labute approximate surface area is 171 Å². The molecule has 0 amide bonds. The highest BCUT2D eigenvalue weighted by atomic mass is 32.1. The van der Waals surface area contributed by atoms with Gasteiger partial charge in [0.2, 0.25) is 0 Å². The van der Waals surface area contributed by atoms with Crippen LogP contribution < -0.4 is 10.3 Å². The van der Waals surface area contributed by atoms with Gasteiger partial charge in [-0.2, -0.15) is 10.1 Å². The molecule has 3 heterocycles. The molecule has 0 aliphatic carbocycles. The van der Waals surface area contributed by atoms with E-state index in [1.807, 2.05) is 42.5 Å². The average molecular weight is 405 g/mol. The summed E-state index contributed by atoms with van der Waals surface area (Å²) in [6.45, 7) is 3.14. The van der Waals surface area contributed by atoms with Gasteiger partial charge < -0.3 is 14.1 Å². The molecule has 0 bridgehead atoms. The van der Waals surface area contributed by atoms with Crippen LogP contribution in [-0.4, -0.2) is 42.5 Å². The van der Waals surface area contributed by atoms with Crippen LogP contribution in [-0.2, 0) is 4.74 Å². The molecule has 1 fully saturated rings. The first-order valence-electron chi connectivity index (χ1n) is 9.40. The molecule has 5 rings (SSSR count). The van der Waals surface area contributed by atoms with Crippen LogP contribution in [0.5, 0.6) is 0 Å². The van der Waals surface area contributed by atoms with Gasteiger partial charge in [-0.25, -0.2) is 10.4 Å². The molecule has 2 aromatic carbocycles. The number of fused-ring (bicyclic) bond motifs is 1. The minimum absolute atomic E-state index is 0.363. The normalized spacial score (nSPS) is 14.7. The smallest absolute Gasteiger partial charge is 0.316 e. The van der Waals surface area contributed by atoms with E-state index in [1.54, 1.807) is 17.6 Å². The Bertz CT molecular complexity index is 1100. The molecule has 1 aliphatic rings.